The molecule has 1 aliphatic heterocycles. The molecule has 1 rings (SSSR count). The highest BCUT2D eigenvalue weighted by atomic mass is 32.2. The Morgan fingerprint density at radius 1 is 1.47 bits per heavy atom. The Morgan fingerprint density at radius 2 is 2.18 bits per heavy atom. The molecule has 0 aliphatic carbocycles. The first-order valence-corrected chi connectivity index (χ1v) is 6.14. The van der Waals surface area contributed by atoms with E-state index in [1.165, 1.54) is 6.92 Å². The molecule has 1 aliphatic rings. The fourth-order valence-corrected chi connectivity index (χ4v) is 1.85. The Balaban J connectivity index is 2.19. The van der Waals surface area contributed by atoms with Crippen molar-refractivity contribution in [2.45, 2.75) is 32.3 Å². The molecule has 0 aromatic carbocycles. The summed E-state index contributed by atoms with van der Waals surface area (Å²) in [6, 6.07) is 0. The van der Waals surface area contributed by atoms with E-state index in [1.807, 2.05) is 0 Å². The molecule has 0 bridgehead atoms. The van der Waals surface area contributed by atoms with E-state index in [4.69, 9.17) is 4.74 Å². The number of carbonyl (C=O) groups is 4. The lowest BCUT2D eigenvalue weighted by Crippen LogP contribution is -2.28. The molecule has 0 radical (unpaired) electrons. The summed E-state index contributed by atoms with van der Waals surface area (Å²) < 4.78 is 4.84. The van der Waals surface area contributed by atoms with Crippen molar-refractivity contribution in [3.8, 4) is 0 Å². The van der Waals surface area contributed by atoms with Gasteiger partial charge < -0.3 is 4.74 Å². The van der Waals surface area contributed by atoms with Gasteiger partial charge in [-0.15, -0.1) is 0 Å². The van der Waals surface area contributed by atoms with Gasteiger partial charge in [0, 0.05) is 19.1 Å². The van der Waals surface area contributed by atoms with Gasteiger partial charge >= 0.3 is 5.97 Å². The molecule has 2 amide bonds. The van der Waals surface area contributed by atoms with Crippen LogP contribution in [0.25, 0.3) is 0 Å². The van der Waals surface area contributed by atoms with Gasteiger partial charge in [0.05, 0.1) is 6.42 Å². The number of imide groups is 1. The largest absolute Gasteiger partial charge is 0.452 e. The summed E-state index contributed by atoms with van der Waals surface area (Å²) >= 11 is 1.14. The van der Waals surface area contributed by atoms with Crippen molar-refractivity contribution in [3.05, 3.63) is 0 Å². The molecule has 0 aromatic rings. The van der Waals surface area contributed by atoms with Crippen molar-refractivity contribution in [2.24, 2.45) is 0 Å². The first-order valence-electron chi connectivity index (χ1n) is 5.15. The van der Waals surface area contributed by atoms with Crippen molar-refractivity contribution < 1.29 is 23.9 Å². The van der Waals surface area contributed by atoms with Crippen LogP contribution in [-0.2, 0) is 23.9 Å². The van der Waals surface area contributed by atoms with Crippen molar-refractivity contribution >= 4 is 34.7 Å². The molecule has 1 atom stereocenters. The number of hydrogen-bond acceptors (Lipinski definition) is 6. The molecule has 94 valence electrons. The van der Waals surface area contributed by atoms with Crippen LogP contribution in [0.5, 0.6) is 0 Å². The van der Waals surface area contributed by atoms with Crippen LogP contribution in [0.4, 0.5) is 0 Å². The predicted octanol–water partition coefficient (Wildman–Crippen LogP) is 0.00460. The normalized spacial score (nSPS) is 19.0. The van der Waals surface area contributed by atoms with Gasteiger partial charge in [0.15, 0.2) is 11.2 Å². The quantitative estimate of drug-likeness (QED) is 0.425. The number of esters is 1. The summed E-state index contributed by atoms with van der Waals surface area (Å²) in [5.41, 5.74) is 0. The van der Waals surface area contributed by atoms with E-state index < -0.39 is 23.9 Å². The maximum Gasteiger partial charge on any atom is 0.306 e. The third kappa shape index (κ3) is 4.99. The highest BCUT2D eigenvalue weighted by Gasteiger charge is 2.33. The maximum absolute atomic E-state index is 11.3. The topological polar surface area (TPSA) is 89.5 Å². The van der Waals surface area contributed by atoms with Gasteiger partial charge in [-0.3, -0.25) is 24.5 Å². The van der Waals surface area contributed by atoms with Gasteiger partial charge in [-0.25, -0.2) is 0 Å². The van der Waals surface area contributed by atoms with E-state index >= 15 is 0 Å². The minimum absolute atomic E-state index is 0.000801. The average molecular weight is 259 g/mol. The Labute approximate surface area is 102 Å². The van der Waals surface area contributed by atoms with Gasteiger partial charge in [-0.1, -0.05) is 11.8 Å². The minimum atomic E-state index is -0.990. The van der Waals surface area contributed by atoms with E-state index in [0.717, 1.165) is 11.8 Å². The lowest BCUT2D eigenvalue weighted by atomic mass is 10.3. The number of nitrogens with one attached hydrogen (secondary N) is 1. The molecular weight excluding hydrogens is 246 g/mol. The average Bonchev–Trinajstić information content (AvgIpc) is 2.52. The Hall–Kier alpha value is -1.37. The molecule has 0 spiro atoms. The van der Waals surface area contributed by atoms with E-state index in [1.54, 1.807) is 0 Å². The van der Waals surface area contributed by atoms with Crippen LogP contribution < -0.4 is 5.32 Å². The molecule has 0 aromatic heterocycles. The number of carbonyl (C=O) groups excluding carboxylic acids is 4. The van der Waals surface area contributed by atoms with Crippen molar-refractivity contribution in [2.75, 3.05) is 5.75 Å². The summed E-state index contributed by atoms with van der Waals surface area (Å²) in [5, 5.41) is 2.05. The van der Waals surface area contributed by atoms with Crippen molar-refractivity contribution in [1.82, 2.24) is 5.32 Å². The molecule has 1 fully saturated rings. The number of rotatable bonds is 5. The van der Waals surface area contributed by atoms with Gasteiger partial charge in [0.25, 0.3) is 5.91 Å². The SMILES string of the molecule is CC(=O)SCCCC(=O)OC1CC(=O)NC1=O. The van der Waals surface area contributed by atoms with E-state index in [9.17, 15) is 19.2 Å². The second-order valence-electron chi connectivity index (χ2n) is 3.54. The molecule has 1 saturated heterocycles. The summed E-state index contributed by atoms with van der Waals surface area (Å²) in [5.74, 6) is -0.981. The number of thioether (sulfide) groups is 1. The Morgan fingerprint density at radius 3 is 2.71 bits per heavy atom. The summed E-state index contributed by atoms with van der Waals surface area (Å²) in [6.07, 6.45) is -0.452. The molecule has 7 heteroatoms. The van der Waals surface area contributed by atoms with E-state index in [2.05, 4.69) is 5.32 Å². The van der Waals surface area contributed by atoms with Gasteiger partial charge in [-0.2, -0.15) is 0 Å². The van der Waals surface area contributed by atoms with Gasteiger partial charge in [-0.05, 0) is 6.42 Å². The molecule has 0 saturated carbocycles. The molecule has 1 N–H and O–H groups in total. The van der Waals surface area contributed by atoms with Crippen LogP contribution >= 0.6 is 11.8 Å². The van der Waals surface area contributed by atoms with Gasteiger partial charge in [0.1, 0.15) is 0 Å². The van der Waals surface area contributed by atoms with Crippen LogP contribution in [0, 0.1) is 0 Å². The van der Waals surface area contributed by atoms with E-state index in [0.29, 0.717) is 12.2 Å². The molecular formula is C10H13NO5S. The maximum atomic E-state index is 11.3. The summed E-state index contributed by atoms with van der Waals surface area (Å²) in [7, 11) is 0. The number of amides is 2. The zero-order valence-electron chi connectivity index (χ0n) is 9.36. The fraction of sp³-hybridized carbons (Fsp3) is 0.600. The minimum Gasteiger partial charge on any atom is -0.452 e. The van der Waals surface area contributed by atoms with Gasteiger partial charge in [0.2, 0.25) is 5.91 Å². The van der Waals surface area contributed by atoms with Crippen LogP contribution in [0.2, 0.25) is 0 Å². The smallest absolute Gasteiger partial charge is 0.306 e. The molecule has 1 unspecified atom stereocenters. The molecule has 17 heavy (non-hydrogen) atoms. The van der Waals surface area contributed by atoms with Crippen LogP contribution in [-0.4, -0.2) is 34.8 Å². The fourth-order valence-electron chi connectivity index (χ4n) is 1.28. The predicted molar refractivity (Wildman–Crippen MR) is 60.0 cm³/mol. The lowest BCUT2D eigenvalue weighted by Gasteiger charge is -2.07. The van der Waals surface area contributed by atoms with Crippen molar-refractivity contribution in [1.29, 1.82) is 0 Å². The zero-order chi connectivity index (χ0) is 12.8. The standard InChI is InChI=1S/C10H13NO5S/c1-6(12)17-4-2-3-9(14)16-7-5-8(13)11-10(7)15/h7H,2-5H2,1H3,(H,11,13,15). The lowest BCUT2D eigenvalue weighted by molar-refractivity contribution is -0.154. The summed E-state index contributed by atoms with van der Waals surface area (Å²) in [6.45, 7) is 1.46. The summed E-state index contributed by atoms with van der Waals surface area (Å²) in [4.78, 5) is 43.8. The third-order valence-corrected chi connectivity index (χ3v) is 2.93. The first-order chi connectivity index (χ1) is 7.99. The number of ether oxygens (including phenoxy) is 1. The number of hydrogen-bond donors (Lipinski definition) is 1. The first kappa shape index (κ1) is 13.7. The van der Waals surface area contributed by atoms with E-state index in [-0.39, 0.29) is 18.0 Å². The second-order valence-corrected chi connectivity index (χ2v) is 4.81. The highest BCUT2D eigenvalue weighted by molar-refractivity contribution is 8.13. The second kappa shape index (κ2) is 6.39. The van der Waals surface area contributed by atoms with Crippen molar-refractivity contribution in [3.63, 3.8) is 0 Å². The Bertz CT molecular complexity index is 355. The molecule has 6 nitrogen and oxygen atoms in total. The monoisotopic (exact) mass is 259 g/mol. The highest BCUT2D eigenvalue weighted by Crippen LogP contribution is 2.10. The molecule has 1 heterocycles. The zero-order valence-corrected chi connectivity index (χ0v) is 10.2. The van der Waals surface area contributed by atoms with Crippen LogP contribution in [0.3, 0.4) is 0 Å². The Kier molecular flexibility index (Phi) is 5.14. The van der Waals surface area contributed by atoms with Crippen LogP contribution in [0.1, 0.15) is 26.2 Å². The third-order valence-electron chi connectivity index (χ3n) is 2.03. The van der Waals surface area contributed by atoms with Crippen LogP contribution in [0.15, 0.2) is 0 Å².